The van der Waals surface area contributed by atoms with Crippen molar-refractivity contribution in [3.05, 3.63) is 11.3 Å². The van der Waals surface area contributed by atoms with Gasteiger partial charge in [-0.1, -0.05) is 13.8 Å². The summed E-state index contributed by atoms with van der Waals surface area (Å²) in [5, 5.41) is 8.06. The molecule has 0 spiro atoms. The van der Waals surface area contributed by atoms with Crippen molar-refractivity contribution in [2.45, 2.75) is 33.4 Å². The molecule has 5 heteroatoms. The van der Waals surface area contributed by atoms with Crippen LogP contribution in [-0.2, 0) is 13.6 Å². The molecular formula is C15H29N5. The highest BCUT2D eigenvalue weighted by Crippen LogP contribution is 2.30. The van der Waals surface area contributed by atoms with Crippen LogP contribution in [-0.4, -0.2) is 54.5 Å². The maximum absolute atomic E-state index is 4.62. The monoisotopic (exact) mass is 279 g/mol. The van der Waals surface area contributed by atoms with Gasteiger partial charge in [0.15, 0.2) is 0 Å². The number of rotatable bonds is 5. The molecule has 1 aliphatic heterocycles. The second-order valence-corrected chi connectivity index (χ2v) is 6.20. The lowest BCUT2D eigenvalue weighted by Crippen LogP contribution is -2.34. The number of hydrogen-bond acceptors (Lipinski definition) is 4. The Hall–Kier alpha value is -1.07. The molecule has 1 saturated heterocycles. The van der Waals surface area contributed by atoms with E-state index in [2.05, 4.69) is 62.1 Å². The van der Waals surface area contributed by atoms with Crippen LogP contribution in [0.15, 0.2) is 0 Å². The highest BCUT2D eigenvalue weighted by atomic mass is 15.4. The van der Waals surface area contributed by atoms with E-state index < -0.39 is 0 Å². The van der Waals surface area contributed by atoms with Gasteiger partial charge in [-0.25, -0.2) is 0 Å². The summed E-state index contributed by atoms with van der Waals surface area (Å²) in [5.41, 5.74) is 2.49. The Morgan fingerprint density at radius 3 is 2.60 bits per heavy atom. The third-order valence-corrected chi connectivity index (χ3v) is 4.40. The molecule has 2 atom stereocenters. The van der Waals surface area contributed by atoms with E-state index in [1.807, 2.05) is 4.68 Å². The smallest absolute Gasteiger partial charge is 0.131 e. The van der Waals surface area contributed by atoms with Gasteiger partial charge in [0.25, 0.3) is 0 Å². The fourth-order valence-electron chi connectivity index (χ4n) is 3.34. The molecule has 1 N–H and O–H groups in total. The molecule has 5 nitrogen and oxygen atoms in total. The standard InChI is InChI=1S/C15H29N5/c1-7-16-8-13-12(3)17-19(6)15(13)20-9-11(2)14(10-20)18(4)5/h11,14,16H,7-10H2,1-6H3. The first-order valence-electron chi connectivity index (χ1n) is 7.60. The van der Waals surface area contributed by atoms with Crippen molar-refractivity contribution >= 4 is 5.82 Å². The normalized spacial score (nSPS) is 23.1. The van der Waals surface area contributed by atoms with Crippen LogP contribution in [0.1, 0.15) is 25.1 Å². The van der Waals surface area contributed by atoms with E-state index in [1.165, 1.54) is 11.4 Å². The average Bonchev–Trinajstić information content (AvgIpc) is 2.87. The van der Waals surface area contributed by atoms with E-state index >= 15 is 0 Å². The van der Waals surface area contributed by atoms with Gasteiger partial charge in [0.05, 0.1) is 5.69 Å². The molecule has 2 rings (SSSR count). The van der Waals surface area contributed by atoms with E-state index in [9.17, 15) is 0 Å². The predicted molar refractivity (Wildman–Crippen MR) is 84.2 cm³/mol. The number of hydrogen-bond donors (Lipinski definition) is 1. The molecule has 0 aliphatic carbocycles. The molecule has 0 bridgehead atoms. The van der Waals surface area contributed by atoms with Gasteiger partial charge >= 0.3 is 0 Å². The van der Waals surface area contributed by atoms with Crippen molar-refractivity contribution in [3.8, 4) is 0 Å². The second-order valence-electron chi connectivity index (χ2n) is 6.20. The van der Waals surface area contributed by atoms with Crippen LogP contribution in [0.5, 0.6) is 0 Å². The molecule has 0 saturated carbocycles. The van der Waals surface area contributed by atoms with Gasteiger partial charge in [0.1, 0.15) is 5.82 Å². The number of aromatic nitrogens is 2. The van der Waals surface area contributed by atoms with E-state index in [-0.39, 0.29) is 0 Å². The van der Waals surface area contributed by atoms with E-state index in [1.54, 1.807) is 0 Å². The van der Waals surface area contributed by atoms with Crippen molar-refractivity contribution < 1.29 is 0 Å². The zero-order chi connectivity index (χ0) is 14.9. The number of anilines is 1. The molecule has 0 radical (unpaired) electrons. The Bertz CT molecular complexity index is 451. The molecule has 20 heavy (non-hydrogen) atoms. The van der Waals surface area contributed by atoms with E-state index in [4.69, 9.17) is 0 Å². The fraction of sp³-hybridized carbons (Fsp3) is 0.800. The first-order chi connectivity index (χ1) is 9.45. The molecular weight excluding hydrogens is 250 g/mol. The van der Waals surface area contributed by atoms with Gasteiger partial charge in [-0.05, 0) is 33.5 Å². The van der Waals surface area contributed by atoms with Crippen LogP contribution >= 0.6 is 0 Å². The lowest BCUT2D eigenvalue weighted by atomic mass is 10.1. The SMILES string of the molecule is CCNCc1c(C)nn(C)c1N1CC(C)C(N(C)C)C1. The number of aryl methyl sites for hydroxylation is 2. The van der Waals surface area contributed by atoms with Crippen molar-refractivity contribution in [2.24, 2.45) is 13.0 Å². The lowest BCUT2D eigenvalue weighted by molar-refractivity contribution is 0.266. The van der Waals surface area contributed by atoms with Crippen molar-refractivity contribution in [1.29, 1.82) is 0 Å². The molecule has 2 unspecified atom stereocenters. The first kappa shape index (κ1) is 15.3. The number of nitrogens with zero attached hydrogens (tertiary/aromatic N) is 4. The summed E-state index contributed by atoms with van der Waals surface area (Å²) in [4.78, 5) is 4.85. The highest BCUT2D eigenvalue weighted by Gasteiger charge is 2.33. The molecule has 1 aromatic rings. The van der Waals surface area contributed by atoms with Gasteiger partial charge in [0, 0.05) is 38.3 Å². The quantitative estimate of drug-likeness (QED) is 0.879. The molecule has 1 aromatic heterocycles. The highest BCUT2D eigenvalue weighted by molar-refractivity contribution is 5.51. The maximum atomic E-state index is 4.62. The van der Waals surface area contributed by atoms with Crippen molar-refractivity contribution in [2.75, 3.05) is 38.6 Å². The van der Waals surface area contributed by atoms with Crippen LogP contribution in [0, 0.1) is 12.8 Å². The summed E-state index contributed by atoms with van der Waals surface area (Å²) in [5.74, 6) is 1.98. The van der Waals surface area contributed by atoms with Gasteiger partial charge in [-0.15, -0.1) is 0 Å². The maximum Gasteiger partial charge on any atom is 0.131 e. The first-order valence-corrected chi connectivity index (χ1v) is 7.60. The van der Waals surface area contributed by atoms with Crippen LogP contribution < -0.4 is 10.2 Å². The minimum atomic E-state index is 0.622. The van der Waals surface area contributed by atoms with Crippen molar-refractivity contribution in [1.82, 2.24) is 20.0 Å². The minimum Gasteiger partial charge on any atom is -0.355 e. The lowest BCUT2D eigenvalue weighted by Gasteiger charge is -2.23. The van der Waals surface area contributed by atoms with Crippen molar-refractivity contribution in [3.63, 3.8) is 0 Å². The van der Waals surface area contributed by atoms with Gasteiger partial charge in [-0.3, -0.25) is 4.68 Å². The number of likely N-dealkylation sites (N-methyl/N-ethyl adjacent to an activating group) is 1. The molecule has 1 aliphatic rings. The van der Waals surface area contributed by atoms with Crippen LogP contribution in [0.25, 0.3) is 0 Å². The molecule has 114 valence electrons. The predicted octanol–water partition coefficient (Wildman–Crippen LogP) is 1.22. The third kappa shape index (κ3) is 2.83. The van der Waals surface area contributed by atoms with E-state index in [0.717, 1.165) is 31.9 Å². The minimum absolute atomic E-state index is 0.622. The summed E-state index contributed by atoms with van der Waals surface area (Å²) >= 11 is 0. The fourth-order valence-corrected chi connectivity index (χ4v) is 3.34. The average molecular weight is 279 g/mol. The molecule has 0 amide bonds. The molecule has 0 aromatic carbocycles. The van der Waals surface area contributed by atoms with Crippen LogP contribution in [0.2, 0.25) is 0 Å². The summed E-state index contributed by atoms with van der Waals surface area (Å²) < 4.78 is 2.05. The summed E-state index contributed by atoms with van der Waals surface area (Å²) in [6.45, 7) is 10.7. The van der Waals surface area contributed by atoms with Gasteiger partial charge < -0.3 is 15.1 Å². The molecule has 1 fully saturated rings. The van der Waals surface area contributed by atoms with Crippen LogP contribution in [0.4, 0.5) is 5.82 Å². The largest absolute Gasteiger partial charge is 0.355 e. The molecule has 2 heterocycles. The Kier molecular flexibility index (Phi) is 4.70. The van der Waals surface area contributed by atoms with Crippen LogP contribution in [0.3, 0.4) is 0 Å². The Labute approximate surface area is 122 Å². The topological polar surface area (TPSA) is 36.3 Å². The third-order valence-electron chi connectivity index (χ3n) is 4.40. The summed E-state index contributed by atoms with van der Waals surface area (Å²) in [7, 11) is 6.42. The zero-order valence-corrected chi connectivity index (χ0v) is 13.8. The second kappa shape index (κ2) is 6.14. The van der Waals surface area contributed by atoms with E-state index in [0.29, 0.717) is 12.0 Å². The van der Waals surface area contributed by atoms with Gasteiger partial charge in [-0.2, -0.15) is 5.10 Å². The van der Waals surface area contributed by atoms with Gasteiger partial charge in [0.2, 0.25) is 0 Å². The summed E-state index contributed by atoms with van der Waals surface area (Å²) in [6, 6.07) is 0.622. The summed E-state index contributed by atoms with van der Waals surface area (Å²) in [6.07, 6.45) is 0. The Morgan fingerprint density at radius 2 is 2.05 bits per heavy atom. The Morgan fingerprint density at radius 1 is 1.35 bits per heavy atom. The zero-order valence-electron chi connectivity index (χ0n) is 13.8. The Balaban J connectivity index is 2.24. The number of nitrogens with one attached hydrogen (secondary N) is 1.